The van der Waals surface area contributed by atoms with Crippen molar-refractivity contribution in [1.29, 1.82) is 0 Å². The first-order valence-corrected chi connectivity index (χ1v) is 11.5. The van der Waals surface area contributed by atoms with Gasteiger partial charge in [-0.3, -0.25) is 9.20 Å². The van der Waals surface area contributed by atoms with E-state index < -0.39 is 10.8 Å². The lowest BCUT2D eigenvalue weighted by Gasteiger charge is -2.31. The highest BCUT2D eigenvalue weighted by molar-refractivity contribution is 14.0. The minimum absolute atomic E-state index is 0. The van der Waals surface area contributed by atoms with Crippen LogP contribution in [0.3, 0.4) is 0 Å². The Morgan fingerprint density at radius 2 is 2.00 bits per heavy atom. The second kappa shape index (κ2) is 13.5. The van der Waals surface area contributed by atoms with Crippen LogP contribution in [0.5, 0.6) is 0 Å². The topological polar surface area (TPSA) is 56.7 Å². The molecule has 1 aromatic carbocycles. The summed E-state index contributed by atoms with van der Waals surface area (Å²) in [6.45, 7) is 2.85. The molecule has 7 heteroatoms. The van der Waals surface area contributed by atoms with Gasteiger partial charge in [-0.2, -0.15) is 0 Å². The van der Waals surface area contributed by atoms with Crippen LogP contribution in [0.2, 0.25) is 0 Å². The van der Waals surface area contributed by atoms with E-state index in [4.69, 9.17) is 0 Å². The highest BCUT2D eigenvalue weighted by atomic mass is 127. The van der Waals surface area contributed by atoms with Gasteiger partial charge in [0.2, 0.25) is 0 Å². The summed E-state index contributed by atoms with van der Waals surface area (Å²) >= 11 is 0. The molecule has 2 N–H and O–H groups in total. The summed E-state index contributed by atoms with van der Waals surface area (Å²) in [7, 11) is 5.37. The number of aliphatic imine (C=N–C) groups is 1. The number of hydrogen-bond acceptors (Lipinski definition) is 3. The van der Waals surface area contributed by atoms with Crippen molar-refractivity contribution in [1.82, 2.24) is 15.5 Å². The Labute approximate surface area is 190 Å². The lowest BCUT2D eigenvalue weighted by atomic mass is 9.95. The molecule has 0 aliphatic heterocycles. The number of halogens is 1. The van der Waals surface area contributed by atoms with Crippen molar-refractivity contribution in [2.24, 2.45) is 4.99 Å². The summed E-state index contributed by atoms with van der Waals surface area (Å²) in [5.74, 6) is 1.61. The Hall–Kier alpha value is -0.670. The predicted octanol–water partition coefficient (Wildman–Crippen LogP) is 3.02. The highest BCUT2D eigenvalue weighted by Gasteiger charge is 2.26. The highest BCUT2D eigenvalue weighted by Crippen LogP contribution is 2.23. The molecule has 5 nitrogen and oxygen atoms in total. The van der Waals surface area contributed by atoms with Crippen LogP contribution in [0, 0.1) is 0 Å². The smallest absolute Gasteiger partial charge is 0.191 e. The summed E-state index contributed by atoms with van der Waals surface area (Å²) in [5.41, 5.74) is 1.35. The van der Waals surface area contributed by atoms with Crippen molar-refractivity contribution in [2.75, 3.05) is 33.4 Å². The summed E-state index contributed by atoms with van der Waals surface area (Å²) in [4.78, 5) is 6.67. The van der Waals surface area contributed by atoms with E-state index >= 15 is 0 Å². The number of nitrogens with one attached hydrogen (secondary N) is 2. The molecule has 1 fully saturated rings. The van der Waals surface area contributed by atoms with E-state index in [1.165, 1.54) is 5.56 Å². The monoisotopic (exact) mass is 520 g/mol. The zero-order chi connectivity index (χ0) is 19.6. The summed E-state index contributed by atoms with van der Waals surface area (Å²) in [6, 6.07) is 11.3. The third kappa shape index (κ3) is 8.37. The molecule has 1 aromatic rings. The molecule has 0 spiro atoms. The fourth-order valence-corrected chi connectivity index (χ4v) is 5.02. The van der Waals surface area contributed by atoms with Gasteiger partial charge in [-0.05, 0) is 45.3 Å². The zero-order valence-electron chi connectivity index (χ0n) is 17.7. The van der Waals surface area contributed by atoms with Crippen molar-refractivity contribution in [3.05, 3.63) is 35.9 Å². The minimum atomic E-state index is -0.698. The molecule has 0 bridgehead atoms. The molecule has 1 aliphatic carbocycles. The fourth-order valence-electron chi connectivity index (χ4n) is 3.68. The Balaban J connectivity index is 0.00000392. The molecule has 0 aromatic heterocycles. The number of rotatable bonds is 8. The first kappa shape index (κ1) is 25.4. The van der Waals surface area contributed by atoms with Crippen LogP contribution in [-0.4, -0.2) is 65.8 Å². The van der Waals surface area contributed by atoms with Crippen LogP contribution in [-0.2, 0) is 17.2 Å². The zero-order valence-corrected chi connectivity index (χ0v) is 20.8. The molecule has 2 rings (SSSR count). The van der Waals surface area contributed by atoms with E-state index in [0.29, 0.717) is 17.3 Å². The molecule has 1 saturated carbocycles. The molecule has 28 heavy (non-hydrogen) atoms. The lowest BCUT2D eigenvalue weighted by molar-refractivity contribution is 0.289. The van der Waals surface area contributed by atoms with Gasteiger partial charge in [0.1, 0.15) is 0 Å². The lowest BCUT2D eigenvalue weighted by Crippen LogP contribution is -2.50. The van der Waals surface area contributed by atoms with Crippen molar-refractivity contribution >= 4 is 40.7 Å². The van der Waals surface area contributed by atoms with E-state index in [0.717, 1.165) is 50.4 Å². The Morgan fingerprint density at radius 1 is 1.29 bits per heavy atom. The summed E-state index contributed by atoms with van der Waals surface area (Å²) in [5, 5.41) is 7.38. The van der Waals surface area contributed by atoms with E-state index in [1.807, 2.05) is 14.0 Å². The van der Waals surface area contributed by atoms with E-state index in [9.17, 15) is 4.21 Å². The van der Waals surface area contributed by atoms with E-state index in [2.05, 4.69) is 65.0 Å². The van der Waals surface area contributed by atoms with Gasteiger partial charge in [0.25, 0.3) is 0 Å². The normalized spacial score (nSPS) is 22.2. The van der Waals surface area contributed by atoms with Gasteiger partial charge in [0, 0.05) is 47.5 Å². The molecular weight excluding hydrogens is 483 g/mol. The van der Waals surface area contributed by atoms with E-state index in [-0.39, 0.29) is 24.0 Å². The van der Waals surface area contributed by atoms with Crippen molar-refractivity contribution in [3.63, 3.8) is 0 Å². The number of hydrogen-bond donors (Lipinski definition) is 2. The number of nitrogens with zero attached hydrogens (tertiary/aromatic N) is 2. The Bertz CT molecular complexity index is 612. The van der Waals surface area contributed by atoms with Crippen LogP contribution in [0.15, 0.2) is 35.3 Å². The standard InChI is InChI=1S/C21H36N4OS.HI/c1-5-27(26)20-13-9-12-18(15-20)24-21(22-2)23-16-19(25(3)4)14-17-10-7-6-8-11-17;/h6-8,10-11,18-20H,5,9,12-16H2,1-4H3,(H2,22,23,24);1H. The Kier molecular flexibility index (Phi) is 12.3. The maximum absolute atomic E-state index is 12.2. The summed E-state index contributed by atoms with van der Waals surface area (Å²) in [6.07, 6.45) is 5.32. The number of guanidine groups is 1. The second-order valence-corrected chi connectivity index (χ2v) is 9.57. The number of benzene rings is 1. The van der Waals surface area contributed by atoms with Crippen molar-refractivity contribution in [3.8, 4) is 0 Å². The first-order valence-electron chi connectivity index (χ1n) is 10.1. The van der Waals surface area contributed by atoms with Crippen LogP contribution in [0.1, 0.15) is 38.2 Å². The average molecular weight is 521 g/mol. The van der Waals surface area contributed by atoms with E-state index in [1.54, 1.807) is 0 Å². The SMILES string of the molecule is CCS(=O)C1CCCC(NC(=NC)NCC(Cc2ccccc2)N(C)C)C1.I. The Morgan fingerprint density at radius 3 is 2.61 bits per heavy atom. The van der Waals surface area contributed by atoms with Gasteiger partial charge in [0.15, 0.2) is 5.96 Å². The quantitative estimate of drug-likeness (QED) is 0.315. The molecule has 0 amide bonds. The largest absolute Gasteiger partial charge is 0.355 e. The molecule has 1 aliphatic rings. The minimum Gasteiger partial charge on any atom is -0.355 e. The maximum Gasteiger partial charge on any atom is 0.191 e. The molecule has 0 radical (unpaired) electrons. The molecule has 4 atom stereocenters. The van der Waals surface area contributed by atoms with Crippen LogP contribution < -0.4 is 10.6 Å². The fraction of sp³-hybridized carbons (Fsp3) is 0.667. The van der Waals surface area contributed by atoms with Gasteiger partial charge in [0.05, 0.1) is 0 Å². The van der Waals surface area contributed by atoms with Gasteiger partial charge in [-0.25, -0.2) is 0 Å². The van der Waals surface area contributed by atoms with Gasteiger partial charge < -0.3 is 15.5 Å². The van der Waals surface area contributed by atoms with Gasteiger partial charge in [-0.15, -0.1) is 24.0 Å². The van der Waals surface area contributed by atoms with Crippen molar-refractivity contribution < 1.29 is 4.21 Å². The molecule has 4 unspecified atom stereocenters. The third-order valence-electron chi connectivity index (χ3n) is 5.40. The van der Waals surface area contributed by atoms with Crippen LogP contribution in [0.4, 0.5) is 0 Å². The molecule has 0 heterocycles. The molecule has 0 saturated heterocycles. The van der Waals surface area contributed by atoms with Gasteiger partial charge >= 0.3 is 0 Å². The van der Waals surface area contributed by atoms with Crippen LogP contribution in [0.25, 0.3) is 0 Å². The average Bonchev–Trinajstić information content (AvgIpc) is 2.70. The summed E-state index contributed by atoms with van der Waals surface area (Å²) < 4.78 is 12.2. The molecular formula is C21H37IN4OS. The first-order chi connectivity index (χ1) is 13.0. The second-order valence-electron chi connectivity index (χ2n) is 7.56. The van der Waals surface area contributed by atoms with Crippen LogP contribution >= 0.6 is 24.0 Å². The van der Waals surface area contributed by atoms with Gasteiger partial charge in [-0.1, -0.05) is 43.7 Å². The maximum atomic E-state index is 12.2. The number of likely N-dealkylation sites (N-methyl/N-ethyl adjacent to an activating group) is 1. The third-order valence-corrected chi connectivity index (χ3v) is 7.14. The van der Waals surface area contributed by atoms with Crippen molar-refractivity contribution in [2.45, 2.75) is 56.4 Å². The molecule has 160 valence electrons. The predicted molar refractivity (Wildman–Crippen MR) is 132 cm³/mol.